The minimum absolute atomic E-state index is 0.472. The second-order valence-corrected chi connectivity index (χ2v) is 14.8. The van der Waals surface area contributed by atoms with E-state index in [1.807, 2.05) is 54.6 Å². The van der Waals surface area contributed by atoms with Crippen LogP contribution in [0.1, 0.15) is 2.74 Å². The van der Waals surface area contributed by atoms with Crippen molar-refractivity contribution in [2.45, 2.75) is 0 Å². The van der Waals surface area contributed by atoms with Gasteiger partial charge in [0.15, 0.2) is 0 Å². The monoisotopic (exact) mass is 742 g/mol. The van der Waals surface area contributed by atoms with Crippen LogP contribution in [0.25, 0.3) is 65.3 Å². The zero-order valence-electron chi connectivity index (χ0n) is 33.7. The van der Waals surface area contributed by atoms with E-state index in [9.17, 15) is 0 Å². The van der Waals surface area contributed by atoms with E-state index in [2.05, 4.69) is 174 Å². The molecule has 0 saturated carbocycles. The van der Waals surface area contributed by atoms with Gasteiger partial charge in [0.05, 0.1) is 8.43 Å². The molecule has 2 heteroatoms. The Morgan fingerprint density at radius 1 is 0.293 bits per heavy atom. The average molecular weight is 743 g/mol. The zero-order chi connectivity index (χ0) is 40.2. The fourth-order valence-electron chi connectivity index (χ4n) is 8.82. The third-order valence-electron chi connectivity index (χ3n) is 11.4. The van der Waals surface area contributed by atoms with E-state index in [-0.39, 0.29) is 0 Å². The summed E-state index contributed by atoms with van der Waals surface area (Å²) in [6, 6.07) is 77.5. The molecule has 2 nitrogen and oxygen atoms in total. The molecule has 0 aliphatic rings. The standard InChI is InChI=1S/C56H38N2/c1-4-17-44(18-5-1)57(45-19-6-2-7-20-45)47-34-30-39(31-35-47)49-23-12-26-52-50(24-13-25-51(49)52)40-32-36-48(37-33-40)58(46-21-8-3-9-22-46)54-38-43-16-10-14-41-28-29-42-15-11-27-53(54)56(42)55(41)43/h1-38H/i4T,8T. The van der Waals surface area contributed by atoms with Crippen molar-refractivity contribution in [2.24, 2.45) is 0 Å². The SMILES string of the molecule is [3H]c1cccc(N(c2ccccc2)c2ccc(-c3cccc4c(-c5ccc(N(c6cccc([3H])c6)c6cc7cccc8ccc9cccc6c9c87)cc5)cccc34)cc2)c1. The molecule has 11 aromatic rings. The van der Waals surface area contributed by atoms with Gasteiger partial charge < -0.3 is 9.80 Å². The maximum absolute atomic E-state index is 8.59. The third-order valence-corrected chi connectivity index (χ3v) is 11.4. The van der Waals surface area contributed by atoms with Gasteiger partial charge in [-0.1, -0.05) is 164 Å². The first-order valence-electron chi connectivity index (χ1n) is 20.8. The van der Waals surface area contributed by atoms with Gasteiger partial charge in [-0.15, -0.1) is 0 Å². The van der Waals surface area contributed by atoms with Gasteiger partial charge >= 0.3 is 0 Å². The van der Waals surface area contributed by atoms with Crippen molar-refractivity contribution in [1.29, 1.82) is 0 Å². The first kappa shape index (κ1) is 31.5. The maximum atomic E-state index is 8.59. The van der Waals surface area contributed by atoms with E-state index < -0.39 is 0 Å². The molecule has 0 aliphatic heterocycles. The highest BCUT2D eigenvalue weighted by Crippen LogP contribution is 2.45. The number of hydrogen-bond acceptors (Lipinski definition) is 2. The molecule has 0 fully saturated rings. The van der Waals surface area contributed by atoms with Crippen molar-refractivity contribution in [1.82, 2.24) is 0 Å². The van der Waals surface area contributed by atoms with E-state index in [1.54, 1.807) is 0 Å². The van der Waals surface area contributed by atoms with Gasteiger partial charge in [-0.2, -0.15) is 0 Å². The molecule has 0 heterocycles. The number of fused-ring (bicyclic) bond motifs is 1. The summed E-state index contributed by atoms with van der Waals surface area (Å²) in [5.41, 5.74) is 10.7. The van der Waals surface area contributed by atoms with Crippen LogP contribution in [0.5, 0.6) is 0 Å². The second-order valence-electron chi connectivity index (χ2n) is 14.8. The van der Waals surface area contributed by atoms with Gasteiger partial charge in [-0.25, -0.2) is 0 Å². The van der Waals surface area contributed by atoms with Crippen molar-refractivity contribution >= 4 is 77.2 Å². The van der Waals surface area contributed by atoms with Gasteiger partial charge in [0.1, 0.15) is 0 Å². The molecule has 11 aromatic carbocycles. The molecule has 0 aliphatic carbocycles. The molecule has 0 saturated heterocycles. The summed E-state index contributed by atoms with van der Waals surface area (Å²) in [5, 5.41) is 9.77. The Bertz CT molecular complexity index is 3340. The smallest absolute Gasteiger partial charge is 0.0623 e. The van der Waals surface area contributed by atoms with Gasteiger partial charge in [0, 0.05) is 33.8 Å². The van der Waals surface area contributed by atoms with Crippen LogP contribution >= 0.6 is 0 Å². The van der Waals surface area contributed by atoms with E-state index in [1.165, 1.54) is 54.2 Å². The topological polar surface area (TPSA) is 6.48 Å². The Kier molecular flexibility index (Phi) is 7.67. The highest BCUT2D eigenvalue weighted by molar-refractivity contribution is 6.26. The van der Waals surface area contributed by atoms with Crippen LogP contribution in [0.15, 0.2) is 230 Å². The summed E-state index contributed by atoms with van der Waals surface area (Å²) in [5.74, 6) is 0. The fraction of sp³-hybridized carbons (Fsp3) is 0. The van der Waals surface area contributed by atoms with Gasteiger partial charge in [0.25, 0.3) is 0 Å². The van der Waals surface area contributed by atoms with Gasteiger partial charge in [-0.05, 0) is 127 Å². The van der Waals surface area contributed by atoms with Crippen molar-refractivity contribution in [3.8, 4) is 22.3 Å². The van der Waals surface area contributed by atoms with E-state index in [0.717, 1.165) is 45.3 Å². The number of nitrogens with zero attached hydrogens (tertiary/aromatic N) is 2. The molecule has 0 atom stereocenters. The van der Waals surface area contributed by atoms with Crippen LogP contribution < -0.4 is 9.80 Å². The molecular weight excluding hydrogens is 701 g/mol. The maximum Gasteiger partial charge on any atom is 0.0623 e. The molecule has 58 heavy (non-hydrogen) atoms. The predicted molar refractivity (Wildman–Crippen MR) is 248 cm³/mol. The van der Waals surface area contributed by atoms with E-state index in [4.69, 9.17) is 2.74 Å². The highest BCUT2D eigenvalue weighted by atomic mass is 15.1. The van der Waals surface area contributed by atoms with E-state index >= 15 is 0 Å². The summed E-state index contributed by atoms with van der Waals surface area (Å²) in [7, 11) is 0. The zero-order valence-corrected chi connectivity index (χ0v) is 31.7. The Hall–Kier alpha value is -7.68. The van der Waals surface area contributed by atoms with Crippen LogP contribution in [0, 0.1) is 0 Å². The highest BCUT2D eigenvalue weighted by Gasteiger charge is 2.20. The normalized spacial score (nSPS) is 11.9. The fourth-order valence-corrected chi connectivity index (χ4v) is 8.82. The summed E-state index contributed by atoms with van der Waals surface area (Å²) >= 11 is 0. The van der Waals surface area contributed by atoms with Crippen LogP contribution in [0.3, 0.4) is 0 Å². The molecule has 11 rings (SSSR count). The molecule has 0 amide bonds. The van der Waals surface area contributed by atoms with Crippen LogP contribution in [0.2, 0.25) is 0 Å². The van der Waals surface area contributed by atoms with Crippen molar-refractivity contribution in [2.75, 3.05) is 9.80 Å². The largest absolute Gasteiger partial charge is 0.311 e. The lowest BCUT2D eigenvalue weighted by Crippen LogP contribution is -2.10. The minimum Gasteiger partial charge on any atom is -0.311 e. The Labute approximate surface area is 341 Å². The van der Waals surface area contributed by atoms with Crippen LogP contribution in [-0.2, 0) is 0 Å². The lowest BCUT2D eigenvalue weighted by atomic mass is 9.92. The minimum atomic E-state index is 0.472. The number of rotatable bonds is 8. The van der Waals surface area contributed by atoms with Gasteiger partial charge in [-0.3, -0.25) is 0 Å². The molecule has 0 radical (unpaired) electrons. The number of anilines is 6. The Morgan fingerprint density at radius 3 is 1.34 bits per heavy atom. The molecule has 0 N–H and O–H groups in total. The van der Waals surface area contributed by atoms with Gasteiger partial charge in [0.2, 0.25) is 0 Å². The summed E-state index contributed by atoms with van der Waals surface area (Å²) < 4.78 is 16.9. The number of hydrogen-bond donors (Lipinski definition) is 0. The quantitative estimate of drug-likeness (QED) is 0.143. The van der Waals surface area contributed by atoms with Crippen LogP contribution in [-0.4, -0.2) is 0 Å². The van der Waals surface area contributed by atoms with Crippen molar-refractivity contribution in [3.05, 3.63) is 230 Å². The lowest BCUT2D eigenvalue weighted by molar-refractivity contribution is 1.28. The molecule has 0 bridgehead atoms. The molecule has 0 unspecified atom stereocenters. The molecular formula is C56H38N2. The molecule has 0 aromatic heterocycles. The summed E-state index contributed by atoms with van der Waals surface area (Å²) in [4.78, 5) is 4.50. The van der Waals surface area contributed by atoms with Crippen molar-refractivity contribution in [3.63, 3.8) is 0 Å². The lowest BCUT2D eigenvalue weighted by Gasteiger charge is -2.28. The van der Waals surface area contributed by atoms with Crippen LogP contribution in [0.4, 0.5) is 34.1 Å². The second kappa shape index (κ2) is 14.1. The third kappa shape index (κ3) is 5.74. The molecule has 0 spiro atoms. The predicted octanol–water partition coefficient (Wildman–Crippen LogP) is 16.0. The number of benzene rings is 11. The average Bonchev–Trinajstić information content (AvgIpc) is 3.29. The Morgan fingerprint density at radius 2 is 0.741 bits per heavy atom. The first-order valence-corrected chi connectivity index (χ1v) is 19.8. The first-order chi connectivity index (χ1) is 29.6. The van der Waals surface area contributed by atoms with E-state index in [0.29, 0.717) is 12.1 Å². The number of para-hydroxylation sites is 3. The summed E-state index contributed by atoms with van der Waals surface area (Å²) in [6.45, 7) is 0. The summed E-state index contributed by atoms with van der Waals surface area (Å²) in [6.07, 6.45) is 0. The Balaban J connectivity index is 0.984. The molecule has 272 valence electrons. The van der Waals surface area contributed by atoms with Crippen molar-refractivity contribution < 1.29 is 2.74 Å².